The van der Waals surface area contributed by atoms with Gasteiger partial charge in [0.05, 0.1) is 12.2 Å². The van der Waals surface area contributed by atoms with Crippen molar-refractivity contribution in [1.29, 1.82) is 0 Å². The second-order valence-corrected chi connectivity index (χ2v) is 5.94. The Morgan fingerprint density at radius 2 is 2.08 bits per heavy atom. The highest BCUT2D eigenvalue weighted by Gasteiger charge is 2.19. The SMILES string of the molecule is Cn1c(NCc2c(F)ccc3c2CCO3)ncc(-c2cncnc2)c1=O. The summed E-state index contributed by atoms with van der Waals surface area (Å²) in [6.45, 7) is 0.767. The summed E-state index contributed by atoms with van der Waals surface area (Å²) < 4.78 is 21.1. The van der Waals surface area contributed by atoms with Crippen LogP contribution in [-0.4, -0.2) is 26.1 Å². The molecule has 0 bridgehead atoms. The molecule has 26 heavy (non-hydrogen) atoms. The van der Waals surface area contributed by atoms with Crippen LogP contribution >= 0.6 is 0 Å². The third-order valence-corrected chi connectivity index (χ3v) is 4.40. The number of aromatic nitrogens is 4. The van der Waals surface area contributed by atoms with Crippen LogP contribution in [0.15, 0.2) is 41.8 Å². The predicted molar refractivity (Wildman–Crippen MR) is 93.4 cm³/mol. The third-order valence-electron chi connectivity index (χ3n) is 4.40. The van der Waals surface area contributed by atoms with Gasteiger partial charge >= 0.3 is 0 Å². The average Bonchev–Trinajstić information content (AvgIpc) is 3.14. The van der Waals surface area contributed by atoms with Gasteiger partial charge in [0.25, 0.3) is 5.56 Å². The molecular formula is C18H16FN5O2. The van der Waals surface area contributed by atoms with Crippen LogP contribution in [0.5, 0.6) is 5.75 Å². The number of nitrogens with one attached hydrogen (secondary N) is 1. The molecule has 3 heterocycles. The van der Waals surface area contributed by atoms with Gasteiger partial charge in [0, 0.05) is 55.3 Å². The lowest BCUT2D eigenvalue weighted by Crippen LogP contribution is -2.23. The molecule has 1 aromatic carbocycles. The first-order chi connectivity index (χ1) is 12.6. The molecule has 0 saturated carbocycles. The van der Waals surface area contributed by atoms with Gasteiger partial charge in [-0.15, -0.1) is 0 Å². The fourth-order valence-corrected chi connectivity index (χ4v) is 3.02. The average molecular weight is 353 g/mol. The Morgan fingerprint density at radius 1 is 1.27 bits per heavy atom. The van der Waals surface area contributed by atoms with E-state index in [4.69, 9.17) is 4.74 Å². The van der Waals surface area contributed by atoms with Gasteiger partial charge in [0.15, 0.2) is 0 Å². The van der Waals surface area contributed by atoms with Crippen LogP contribution in [0.1, 0.15) is 11.1 Å². The van der Waals surface area contributed by atoms with E-state index < -0.39 is 0 Å². The second kappa shape index (κ2) is 6.55. The van der Waals surface area contributed by atoms with Crippen LogP contribution in [-0.2, 0) is 20.0 Å². The zero-order valence-corrected chi connectivity index (χ0v) is 14.1. The lowest BCUT2D eigenvalue weighted by atomic mass is 10.0. The van der Waals surface area contributed by atoms with Crippen LogP contribution in [0.4, 0.5) is 10.3 Å². The number of fused-ring (bicyclic) bond motifs is 1. The van der Waals surface area contributed by atoms with Crippen molar-refractivity contribution in [1.82, 2.24) is 19.5 Å². The number of halogens is 1. The lowest BCUT2D eigenvalue weighted by molar-refractivity contribution is 0.356. The van der Waals surface area contributed by atoms with Crippen molar-refractivity contribution in [3.05, 3.63) is 64.3 Å². The van der Waals surface area contributed by atoms with Gasteiger partial charge in [0.1, 0.15) is 17.9 Å². The Morgan fingerprint density at radius 3 is 2.88 bits per heavy atom. The summed E-state index contributed by atoms with van der Waals surface area (Å²) in [5, 5.41) is 3.04. The maximum Gasteiger partial charge on any atom is 0.262 e. The number of hydrogen-bond donors (Lipinski definition) is 1. The van der Waals surface area contributed by atoms with Gasteiger partial charge in [0.2, 0.25) is 5.95 Å². The Hall–Kier alpha value is -3.29. The normalized spacial score (nSPS) is 12.5. The van der Waals surface area contributed by atoms with E-state index in [9.17, 15) is 9.18 Å². The molecule has 8 heteroatoms. The molecule has 132 valence electrons. The van der Waals surface area contributed by atoms with Crippen molar-refractivity contribution in [3.8, 4) is 16.9 Å². The van der Waals surface area contributed by atoms with Gasteiger partial charge < -0.3 is 10.1 Å². The van der Waals surface area contributed by atoms with Crippen LogP contribution in [0.2, 0.25) is 0 Å². The molecule has 3 aromatic rings. The molecule has 1 N–H and O–H groups in total. The van der Waals surface area contributed by atoms with Crippen LogP contribution in [0.3, 0.4) is 0 Å². The molecular weight excluding hydrogens is 337 g/mol. The largest absolute Gasteiger partial charge is 0.493 e. The van der Waals surface area contributed by atoms with Crippen molar-refractivity contribution in [2.24, 2.45) is 7.05 Å². The monoisotopic (exact) mass is 353 g/mol. The van der Waals surface area contributed by atoms with Crippen molar-refractivity contribution < 1.29 is 9.13 Å². The minimum Gasteiger partial charge on any atom is -0.493 e. The van der Waals surface area contributed by atoms with E-state index in [0.29, 0.717) is 41.4 Å². The minimum absolute atomic E-state index is 0.215. The van der Waals surface area contributed by atoms with Gasteiger partial charge in [-0.05, 0) is 12.1 Å². The van der Waals surface area contributed by atoms with Crippen molar-refractivity contribution in [3.63, 3.8) is 0 Å². The molecule has 0 unspecified atom stereocenters. The van der Waals surface area contributed by atoms with E-state index >= 15 is 0 Å². The molecule has 7 nitrogen and oxygen atoms in total. The number of rotatable bonds is 4. The first-order valence-corrected chi connectivity index (χ1v) is 8.13. The van der Waals surface area contributed by atoms with Crippen molar-refractivity contribution >= 4 is 5.95 Å². The summed E-state index contributed by atoms with van der Waals surface area (Å²) in [6.07, 6.45) is 6.65. The Bertz CT molecular complexity index is 1020. The highest BCUT2D eigenvalue weighted by molar-refractivity contribution is 5.60. The molecule has 0 aliphatic carbocycles. The maximum absolute atomic E-state index is 14.2. The van der Waals surface area contributed by atoms with E-state index in [-0.39, 0.29) is 17.9 Å². The molecule has 0 atom stereocenters. The molecule has 0 amide bonds. The topological polar surface area (TPSA) is 81.9 Å². The molecule has 0 spiro atoms. The first-order valence-electron chi connectivity index (χ1n) is 8.13. The molecule has 4 rings (SSSR count). The molecule has 0 fully saturated rings. The lowest BCUT2D eigenvalue weighted by Gasteiger charge is -2.13. The van der Waals surface area contributed by atoms with Crippen molar-refractivity contribution in [2.45, 2.75) is 13.0 Å². The van der Waals surface area contributed by atoms with E-state index in [1.165, 1.54) is 23.2 Å². The number of benzene rings is 1. The highest BCUT2D eigenvalue weighted by Crippen LogP contribution is 2.30. The fourth-order valence-electron chi connectivity index (χ4n) is 3.02. The molecule has 1 aliphatic rings. The highest BCUT2D eigenvalue weighted by atomic mass is 19.1. The van der Waals surface area contributed by atoms with Crippen LogP contribution < -0.4 is 15.6 Å². The van der Waals surface area contributed by atoms with E-state index in [0.717, 1.165) is 5.56 Å². The van der Waals surface area contributed by atoms with Crippen LogP contribution in [0, 0.1) is 5.82 Å². The van der Waals surface area contributed by atoms with Gasteiger partial charge in [-0.2, -0.15) is 0 Å². The van der Waals surface area contributed by atoms with Gasteiger partial charge in [-0.25, -0.2) is 19.3 Å². The smallest absolute Gasteiger partial charge is 0.262 e. The van der Waals surface area contributed by atoms with Gasteiger partial charge in [-0.3, -0.25) is 9.36 Å². The molecule has 2 aromatic heterocycles. The standard InChI is InChI=1S/C18H16FN5O2/c1-24-17(25)13(11-6-20-10-21-7-11)8-22-18(24)23-9-14-12-4-5-26-16(12)3-2-15(14)19/h2-3,6-8,10H,4-5,9H2,1H3,(H,22,23). The van der Waals surface area contributed by atoms with Crippen LogP contribution in [0.25, 0.3) is 11.1 Å². The maximum atomic E-state index is 14.2. The van der Waals surface area contributed by atoms with E-state index in [1.54, 1.807) is 25.5 Å². The molecule has 0 radical (unpaired) electrons. The number of anilines is 1. The Kier molecular flexibility index (Phi) is 4.08. The summed E-state index contributed by atoms with van der Waals surface area (Å²) >= 11 is 0. The zero-order chi connectivity index (χ0) is 18.1. The zero-order valence-electron chi connectivity index (χ0n) is 14.1. The third kappa shape index (κ3) is 2.79. The minimum atomic E-state index is -0.301. The quantitative estimate of drug-likeness (QED) is 0.772. The molecule has 0 saturated heterocycles. The molecule has 1 aliphatic heterocycles. The van der Waals surface area contributed by atoms with Gasteiger partial charge in [-0.1, -0.05) is 0 Å². The van der Waals surface area contributed by atoms with E-state index in [1.807, 2.05) is 0 Å². The fraction of sp³-hybridized carbons (Fsp3) is 0.222. The van der Waals surface area contributed by atoms with E-state index in [2.05, 4.69) is 20.3 Å². The summed E-state index contributed by atoms with van der Waals surface area (Å²) in [5.41, 5.74) is 2.16. The summed E-state index contributed by atoms with van der Waals surface area (Å²) in [4.78, 5) is 24.7. The Labute approximate surface area is 148 Å². The second-order valence-electron chi connectivity index (χ2n) is 5.94. The number of hydrogen-bond acceptors (Lipinski definition) is 6. The predicted octanol–water partition coefficient (Wildman–Crippen LogP) is 1.92. The summed E-state index contributed by atoms with van der Waals surface area (Å²) in [7, 11) is 1.61. The Balaban J connectivity index is 1.62. The summed E-state index contributed by atoms with van der Waals surface area (Å²) in [5.74, 6) is 0.765. The number of nitrogens with zero attached hydrogens (tertiary/aromatic N) is 4. The number of ether oxygens (including phenoxy) is 1. The first kappa shape index (κ1) is 16.2. The summed E-state index contributed by atoms with van der Waals surface area (Å²) in [6, 6.07) is 3.04. The van der Waals surface area contributed by atoms with Crippen molar-refractivity contribution in [2.75, 3.05) is 11.9 Å².